The molecule has 0 atom stereocenters. The molecule has 3 rings (SSSR count). The van der Waals surface area contributed by atoms with Gasteiger partial charge in [0, 0.05) is 11.8 Å². The number of hydrazone groups is 1. The van der Waals surface area contributed by atoms with Crippen LogP contribution in [0, 0.1) is 0 Å². The van der Waals surface area contributed by atoms with Gasteiger partial charge in [0.25, 0.3) is 5.91 Å². The molecule has 0 aliphatic rings. The summed E-state index contributed by atoms with van der Waals surface area (Å²) in [6, 6.07) is 19.8. The first-order chi connectivity index (χ1) is 12.3. The van der Waals surface area contributed by atoms with Crippen molar-refractivity contribution in [3.8, 4) is 0 Å². The lowest BCUT2D eigenvalue weighted by atomic mass is 10.0. The van der Waals surface area contributed by atoms with Gasteiger partial charge in [-0.05, 0) is 47.5 Å². The molecule has 0 aliphatic carbocycles. The van der Waals surface area contributed by atoms with E-state index in [1.165, 1.54) is 18.2 Å². The number of sulfone groups is 1. The number of hydrogen-bond donors (Lipinski definition) is 1. The molecule has 3 aromatic carbocycles. The Kier molecular flexibility index (Phi) is 4.86. The summed E-state index contributed by atoms with van der Waals surface area (Å²) >= 11 is 0. The van der Waals surface area contributed by atoms with Crippen LogP contribution in [-0.4, -0.2) is 26.3 Å². The standard InChI is InChI=1S/C20H18N2O3S/c1-14(16-11-10-15-6-3-4-7-17(15)12-16)21-22-20(23)18-8-5-9-19(13-18)26(2,24)25/h3-13H,1-2H3,(H,22,23). The predicted molar refractivity (Wildman–Crippen MR) is 103 cm³/mol. The van der Waals surface area contributed by atoms with Gasteiger partial charge in [-0.15, -0.1) is 0 Å². The van der Waals surface area contributed by atoms with Gasteiger partial charge >= 0.3 is 0 Å². The molecule has 26 heavy (non-hydrogen) atoms. The van der Waals surface area contributed by atoms with Crippen LogP contribution in [-0.2, 0) is 9.84 Å². The number of nitrogens with zero attached hydrogens (tertiary/aromatic N) is 1. The van der Waals surface area contributed by atoms with E-state index in [1.807, 2.05) is 42.5 Å². The largest absolute Gasteiger partial charge is 0.271 e. The lowest BCUT2D eigenvalue weighted by molar-refractivity contribution is 0.0954. The normalized spacial score (nSPS) is 12.2. The molecule has 3 aromatic rings. The number of benzene rings is 3. The Balaban J connectivity index is 1.81. The second-order valence-corrected chi connectivity index (χ2v) is 8.02. The quantitative estimate of drug-likeness (QED) is 0.568. The zero-order valence-corrected chi connectivity index (χ0v) is 15.2. The third kappa shape index (κ3) is 3.97. The van der Waals surface area contributed by atoms with Crippen LogP contribution in [0.4, 0.5) is 0 Å². The van der Waals surface area contributed by atoms with Gasteiger partial charge in [-0.2, -0.15) is 5.10 Å². The first kappa shape index (κ1) is 17.8. The molecule has 6 heteroatoms. The Hall–Kier alpha value is -2.99. The Labute approximate surface area is 152 Å². The minimum absolute atomic E-state index is 0.0976. The summed E-state index contributed by atoms with van der Waals surface area (Å²) in [4.78, 5) is 12.4. The summed E-state index contributed by atoms with van der Waals surface area (Å²) in [5, 5.41) is 6.36. The van der Waals surface area contributed by atoms with E-state index in [9.17, 15) is 13.2 Å². The molecule has 1 amide bonds. The molecular weight excluding hydrogens is 348 g/mol. The summed E-state index contributed by atoms with van der Waals surface area (Å²) in [5.41, 5.74) is 4.27. The average molecular weight is 366 g/mol. The Morgan fingerprint density at radius 3 is 2.35 bits per heavy atom. The fourth-order valence-electron chi connectivity index (χ4n) is 2.55. The molecule has 0 aliphatic heterocycles. The highest BCUT2D eigenvalue weighted by Gasteiger charge is 2.11. The smallest absolute Gasteiger partial charge is 0.267 e. The minimum atomic E-state index is -3.37. The van der Waals surface area contributed by atoms with Gasteiger partial charge in [-0.3, -0.25) is 4.79 Å². The van der Waals surface area contributed by atoms with Crippen molar-refractivity contribution in [2.45, 2.75) is 11.8 Å². The monoisotopic (exact) mass is 366 g/mol. The average Bonchev–Trinajstić information content (AvgIpc) is 2.64. The maximum Gasteiger partial charge on any atom is 0.271 e. The van der Waals surface area contributed by atoms with Crippen LogP contribution < -0.4 is 5.43 Å². The fourth-order valence-corrected chi connectivity index (χ4v) is 3.21. The van der Waals surface area contributed by atoms with E-state index in [-0.39, 0.29) is 10.5 Å². The number of rotatable bonds is 4. The van der Waals surface area contributed by atoms with Crippen molar-refractivity contribution in [3.05, 3.63) is 77.9 Å². The predicted octanol–water partition coefficient (Wildman–Crippen LogP) is 3.40. The summed E-state index contributed by atoms with van der Waals surface area (Å²) in [6.07, 6.45) is 1.10. The zero-order valence-electron chi connectivity index (χ0n) is 14.4. The fraction of sp³-hybridized carbons (Fsp3) is 0.100. The van der Waals surface area contributed by atoms with Gasteiger partial charge in [-0.1, -0.05) is 42.5 Å². The van der Waals surface area contributed by atoms with Gasteiger partial charge < -0.3 is 0 Å². The first-order valence-electron chi connectivity index (χ1n) is 7.98. The molecule has 1 N–H and O–H groups in total. The highest BCUT2D eigenvalue weighted by Crippen LogP contribution is 2.16. The second kappa shape index (κ2) is 7.09. The van der Waals surface area contributed by atoms with Gasteiger partial charge in [0.1, 0.15) is 0 Å². The summed E-state index contributed by atoms with van der Waals surface area (Å²) in [6.45, 7) is 1.80. The summed E-state index contributed by atoms with van der Waals surface area (Å²) in [5.74, 6) is -0.462. The number of fused-ring (bicyclic) bond motifs is 1. The Bertz CT molecular complexity index is 1120. The molecule has 5 nitrogen and oxygen atoms in total. The van der Waals surface area contributed by atoms with Crippen LogP contribution in [0.25, 0.3) is 10.8 Å². The topological polar surface area (TPSA) is 75.6 Å². The third-order valence-electron chi connectivity index (χ3n) is 4.02. The molecular formula is C20H18N2O3S. The Morgan fingerprint density at radius 1 is 0.885 bits per heavy atom. The maximum atomic E-state index is 12.3. The van der Waals surface area contributed by atoms with Crippen LogP contribution in [0.15, 0.2) is 76.7 Å². The van der Waals surface area contributed by atoms with E-state index in [4.69, 9.17) is 0 Å². The van der Waals surface area contributed by atoms with Gasteiger partial charge in [-0.25, -0.2) is 13.8 Å². The molecule has 0 fully saturated rings. The third-order valence-corrected chi connectivity index (χ3v) is 5.13. The van der Waals surface area contributed by atoms with Crippen molar-refractivity contribution in [1.82, 2.24) is 5.43 Å². The minimum Gasteiger partial charge on any atom is -0.267 e. The number of carbonyl (C=O) groups is 1. The molecule has 0 spiro atoms. The van der Waals surface area contributed by atoms with Crippen LogP contribution in [0.2, 0.25) is 0 Å². The van der Waals surface area contributed by atoms with Gasteiger partial charge in [0.05, 0.1) is 10.6 Å². The zero-order chi connectivity index (χ0) is 18.7. The van der Waals surface area contributed by atoms with E-state index < -0.39 is 15.7 Å². The number of amides is 1. The Morgan fingerprint density at radius 2 is 1.62 bits per heavy atom. The van der Waals surface area contributed by atoms with Crippen LogP contribution in [0.5, 0.6) is 0 Å². The second-order valence-electron chi connectivity index (χ2n) is 6.00. The molecule has 0 aromatic heterocycles. The number of hydrogen-bond acceptors (Lipinski definition) is 4. The first-order valence-corrected chi connectivity index (χ1v) is 9.88. The van der Waals surface area contributed by atoms with Gasteiger partial charge in [0.2, 0.25) is 0 Å². The van der Waals surface area contributed by atoms with Crippen LogP contribution >= 0.6 is 0 Å². The van der Waals surface area contributed by atoms with Crippen molar-refractivity contribution in [3.63, 3.8) is 0 Å². The highest BCUT2D eigenvalue weighted by atomic mass is 32.2. The summed E-state index contributed by atoms with van der Waals surface area (Å²) in [7, 11) is -3.37. The molecule has 0 saturated heterocycles. The highest BCUT2D eigenvalue weighted by molar-refractivity contribution is 7.90. The van der Waals surface area contributed by atoms with E-state index in [0.717, 1.165) is 22.6 Å². The number of nitrogens with one attached hydrogen (secondary N) is 1. The van der Waals surface area contributed by atoms with Gasteiger partial charge in [0.15, 0.2) is 9.84 Å². The SMILES string of the molecule is CC(=NNC(=O)c1cccc(S(C)(=O)=O)c1)c1ccc2ccccc2c1. The van der Waals surface area contributed by atoms with E-state index >= 15 is 0 Å². The molecule has 0 unspecified atom stereocenters. The van der Waals surface area contributed by atoms with E-state index in [0.29, 0.717) is 5.71 Å². The van der Waals surface area contributed by atoms with E-state index in [1.54, 1.807) is 13.0 Å². The van der Waals surface area contributed by atoms with Crippen molar-refractivity contribution in [1.29, 1.82) is 0 Å². The molecule has 0 heterocycles. The number of carbonyl (C=O) groups excluding carboxylic acids is 1. The van der Waals surface area contributed by atoms with Crippen molar-refractivity contribution in [2.75, 3.05) is 6.26 Å². The molecule has 0 saturated carbocycles. The maximum absolute atomic E-state index is 12.3. The molecule has 0 radical (unpaired) electrons. The van der Waals surface area contributed by atoms with Crippen molar-refractivity contribution < 1.29 is 13.2 Å². The summed E-state index contributed by atoms with van der Waals surface area (Å²) < 4.78 is 23.2. The van der Waals surface area contributed by atoms with Crippen LogP contribution in [0.3, 0.4) is 0 Å². The van der Waals surface area contributed by atoms with E-state index in [2.05, 4.69) is 10.5 Å². The molecule has 0 bridgehead atoms. The van der Waals surface area contributed by atoms with Crippen molar-refractivity contribution in [2.24, 2.45) is 5.10 Å². The van der Waals surface area contributed by atoms with Crippen LogP contribution in [0.1, 0.15) is 22.8 Å². The molecule has 132 valence electrons. The lowest BCUT2D eigenvalue weighted by Gasteiger charge is -2.06. The van der Waals surface area contributed by atoms with Crippen molar-refractivity contribution >= 4 is 32.2 Å². The lowest BCUT2D eigenvalue weighted by Crippen LogP contribution is -2.19.